The van der Waals surface area contributed by atoms with Gasteiger partial charge in [0.25, 0.3) is 0 Å². The summed E-state index contributed by atoms with van der Waals surface area (Å²) in [6, 6.07) is 9.61. The molecule has 3 aromatic rings. The number of ketones is 1. The van der Waals surface area contributed by atoms with Gasteiger partial charge in [0.15, 0.2) is 11.6 Å². The Labute approximate surface area is 161 Å². The van der Waals surface area contributed by atoms with E-state index in [0.717, 1.165) is 26.5 Å². The number of thiophene rings is 1. The number of nitrogens with zero attached hydrogens (tertiary/aromatic N) is 2. The van der Waals surface area contributed by atoms with Crippen molar-refractivity contribution in [1.29, 1.82) is 0 Å². The second-order valence-corrected chi connectivity index (χ2v) is 7.25. The fraction of sp³-hybridized carbons (Fsp3) is 0.250. The Morgan fingerprint density at radius 3 is 2.70 bits per heavy atom. The maximum absolute atomic E-state index is 11.7. The van der Waals surface area contributed by atoms with E-state index in [9.17, 15) is 9.90 Å². The smallest absolute Gasteiger partial charge is 0.159 e. The Hall–Kier alpha value is -2.93. The van der Waals surface area contributed by atoms with Crippen LogP contribution in [0.4, 0.5) is 5.82 Å². The number of aliphatic hydroxyl groups excluding tert-OH is 1. The Bertz CT molecular complexity index is 994. The fourth-order valence-corrected chi connectivity index (χ4v) is 3.35. The zero-order chi connectivity index (χ0) is 19.4. The molecule has 0 radical (unpaired) electrons. The van der Waals surface area contributed by atoms with E-state index in [2.05, 4.69) is 15.3 Å². The van der Waals surface area contributed by atoms with Gasteiger partial charge in [-0.25, -0.2) is 9.97 Å². The Morgan fingerprint density at radius 1 is 1.30 bits per heavy atom. The van der Waals surface area contributed by atoms with Crippen molar-refractivity contribution in [3.63, 3.8) is 0 Å². The molecule has 2 aromatic heterocycles. The van der Waals surface area contributed by atoms with Crippen LogP contribution >= 0.6 is 11.3 Å². The number of fused-ring (bicyclic) bond motifs is 1. The van der Waals surface area contributed by atoms with E-state index in [1.807, 2.05) is 37.3 Å². The van der Waals surface area contributed by atoms with E-state index >= 15 is 0 Å². The summed E-state index contributed by atoms with van der Waals surface area (Å²) < 4.78 is 5.17. The number of allylic oxidation sites excluding steroid dienone is 1. The first-order valence-electron chi connectivity index (χ1n) is 8.59. The Balaban J connectivity index is 1.94. The van der Waals surface area contributed by atoms with Crippen LogP contribution in [0.2, 0.25) is 0 Å². The number of ether oxygens (including phenoxy) is 1. The monoisotopic (exact) mass is 383 g/mol. The number of hydrogen-bond acceptors (Lipinski definition) is 7. The molecule has 3 rings (SSSR count). The molecule has 0 amide bonds. The number of methoxy groups -OCH3 is 1. The fourth-order valence-electron chi connectivity index (χ4n) is 2.53. The van der Waals surface area contributed by atoms with Gasteiger partial charge in [-0.3, -0.25) is 4.79 Å². The second-order valence-electron chi connectivity index (χ2n) is 6.02. The number of aromatic nitrogens is 2. The molecule has 0 fully saturated rings. The molecule has 0 saturated carbocycles. The average molecular weight is 383 g/mol. The van der Waals surface area contributed by atoms with Crippen molar-refractivity contribution in [2.45, 2.75) is 26.8 Å². The van der Waals surface area contributed by atoms with Gasteiger partial charge < -0.3 is 15.2 Å². The first-order chi connectivity index (χ1) is 13.0. The van der Waals surface area contributed by atoms with Crippen molar-refractivity contribution in [3.05, 3.63) is 52.5 Å². The molecule has 6 nitrogen and oxygen atoms in total. The van der Waals surface area contributed by atoms with Crippen LogP contribution in [0, 0.1) is 6.92 Å². The molecule has 0 aliphatic heterocycles. The quantitative estimate of drug-likeness (QED) is 0.462. The van der Waals surface area contributed by atoms with Crippen molar-refractivity contribution >= 4 is 39.0 Å². The number of nitrogens with one attached hydrogen (secondary N) is 1. The van der Waals surface area contributed by atoms with E-state index < -0.39 is 0 Å². The minimum absolute atomic E-state index is 0.169. The minimum atomic E-state index is -0.181. The summed E-state index contributed by atoms with van der Waals surface area (Å²) in [6.45, 7) is 4.22. The van der Waals surface area contributed by atoms with E-state index in [1.54, 1.807) is 14.0 Å². The molecule has 0 bridgehead atoms. The summed E-state index contributed by atoms with van der Waals surface area (Å²) >= 11 is 1.50. The molecule has 0 aliphatic carbocycles. The highest BCUT2D eigenvalue weighted by atomic mass is 32.1. The van der Waals surface area contributed by atoms with Crippen molar-refractivity contribution < 1.29 is 14.6 Å². The van der Waals surface area contributed by atoms with Gasteiger partial charge in [0.05, 0.1) is 7.11 Å². The summed E-state index contributed by atoms with van der Waals surface area (Å²) in [5.74, 6) is 0.874. The molecule has 140 valence electrons. The van der Waals surface area contributed by atoms with Gasteiger partial charge in [0.1, 0.15) is 27.5 Å². The van der Waals surface area contributed by atoms with Crippen LogP contribution in [0.15, 0.2) is 36.4 Å². The van der Waals surface area contributed by atoms with Crippen LogP contribution in [0.5, 0.6) is 5.75 Å². The lowest BCUT2D eigenvalue weighted by molar-refractivity contribution is -0.114. The SMILES string of the molecule is CCC(=O)C=C(O)c1nc2sc(C)cc2nc1NCc1ccc(OC)cc1. The molecule has 7 heteroatoms. The number of benzene rings is 1. The number of anilines is 1. The number of aliphatic hydroxyl groups is 1. The molecule has 0 aliphatic rings. The average Bonchev–Trinajstić information content (AvgIpc) is 3.04. The summed E-state index contributed by atoms with van der Waals surface area (Å²) in [5.41, 5.74) is 2.06. The minimum Gasteiger partial charge on any atom is -0.505 e. The molecule has 0 unspecified atom stereocenters. The molecule has 2 heterocycles. The number of aryl methyl sites for hydroxylation is 1. The van der Waals surface area contributed by atoms with Crippen LogP contribution in [-0.4, -0.2) is 28.0 Å². The normalized spacial score (nSPS) is 11.6. The number of carbonyl (C=O) groups is 1. The van der Waals surface area contributed by atoms with Crippen molar-refractivity contribution in [3.8, 4) is 5.75 Å². The van der Waals surface area contributed by atoms with Crippen LogP contribution in [0.25, 0.3) is 16.1 Å². The predicted molar refractivity (Wildman–Crippen MR) is 108 cm³/mol. The standard InChI is InChI=1S/C20H21N3O3S/c1-4-14(24)10-17(25)18-19(22-16-9-12(2)27-20(16)23-18)21-11-13-5-7-15(26-3)8-6-13/h5-10,25H,4,11H2,1-3H3,(H,21,22). The number of rotatable bonds is 7. The highest BCUT2D eigenvalue weighted by Gasteiger charge is 2.15. The van der Waals surface area contributed by atoms with Gasteiger partial charge in [-0.15, -0.1) is 11.3 Å². The van der Waals surface area contributed by atoms with E-state index in [-0.39, 0.29) is 17.2 Å². The van der Waals surface area contributed by atoms with Gasteiger partial charge in [-0.05, 0) is 30.7 Å². The van der Waals surface area contributed by atoms with Gasteiger partial charge in [-0.1, -0.05) is 19.1 Å². The summed E-state index contributed by atoms with van der Waals surface area (Å²) in [7, 11) is 1.62. The Morgan fingerprint density at radius 2 is 2.04 bits per heavy atom. The molecule has 0 spiro atoms. The third kappa shape index (κ3) is 4.43. The molecular formula is C20H21N3O3S. The molecule has 1 aromatic carbocycles. The number of carbonyl (C=O) groups excluding carboxylic acids is 1. The maximum Gasteiger partial charge on any atom is 0.159 e. The zero-order valence-electron chi connectivity index (χ0n) is 15.4. The molecule has 0 atom stereocenters. The van der Waals surface area contributed by atoms with Gasteiger partial charge in [0, 0.05) is 23.9 Å². The topological polar surface area (TPSA) is 84.3 Å². The largest absolute Gasteiger partial charge is 0.505 e. The van der Waals surface area contributed by atoms with Crippen molar-refractivity contribution in [2.24, 2.45) is 0 Å². The zero-order valence-corrected chi connectivity index (χ0v) is 16.3. The van der Waals surface area contributed by atoms with Crippen molar-refractivity contribution in [1.82, 2.24) is 9.97 Å². The van der Waals surface area contributed by atoms with Crippen LogP contribution < -0.4 is 10.1 Å². The molecule has 0 saturated heterocycles. The van der Waals surface area contributed by atoms with Gasteiger partial charge >= 0.3 is 0 Å². The van der Waals surface area contributed by atoms with Crippen molar-refractivity contribution in [2.75, 3.05) is 12.4 Å². The predicted octanol–water partition coefficient (Wildman–Crippen LogP) is 4.50. The van der Waals surface area contributed by atoms with Gasteiger partial charge in [0.2, 0.25) is 0 Å². The third-order valence-corrected chi connectivity index (χ3v) is 4.93. The van der Waals surface area contributed by atoms with Crippen LogP contribution in [-0.2, 0) is 11.3 Å². The first kappa shape index (κ1) is 18.8. The second kappa shape index (κ2) is 8.18. The Kier molecular flexibility index (Phi) is 5.71. The van der Waals surface area contributed by atoms with E-state index in [0.29, 0.717) is 18.8 Å². The molecule has 27 heavy (non-hydrogen) atoms. The first-order valence-corrected chi connectivity index (χ1v) is 9.40. The molecule has 2 N–H and O–H groups in total. The van der Waals surface area contributed by atoms with Gasteiger partial charge in [-0.2, -0.15) is 0 Å². The lowest BCUT2D eigenvalue weighted by Crippen LogP contribution is -2.07. The summed E-state index contributed by atoms with van der Waals surface area (Å²) in [5, 5.41) is 13.6. The lowest BCUT2D eigenvalue weighted by Gasteiger charge is -2.11. The highest BCUT2D eigenvalue weighted by molar-refractivity contribution is 7.18. The number of hydrogen-bond donors (Lipinski definition) is 2. The lowest BCUT2D eigenvalue weighted by atomic mass is 10.2. The summed E-state index contributed by atoms with van der Waals surface area (Å²) in [6.07, 6.45) is 1.52. The highest BCUT2D eigenvalue weighted by Crippen LogP contribution is 2.28. The van der Waals surface area contributed by atoms with Crippen LogP contribution in [0.3, 0.4) is 0 Å². The van der Waals surface area contributed by atoms with Crippen LogP contribution in [0.1, 0.15) is 29.5 Å². The summed E-state index contributed by atoms with van der Waals surface area (Å²) in [4.78, 5) is 22.6. The van der Waals surface area contributed by atoms with E-state index in [1.165, 1.54) is 17.4 Å². The third-order valence-electron chi connectivity index (χ3n) is 3.99. The molecular weight excluding hydrogens is 362 g/mol. The van der Waals surface area contributed by atoms with E-state index in [4.69, 9.17) is 4.74 Å². The maximum atomic E-state index is 11.7.